The number of rotatable bonds is 5. The fourth-order valence-corrected chi connectivity index (χ4v) is 4.28. The molecule has 1 saturated heterocycles. The van der Waals surface area contributed by atoms with Crippen molar-refractivity contribution in [3.8, 4) is 5.75 Å². The fraction of sp³-hybridized carbons (Fsp3) is 0.0417. The molecule has 0 spiro atoms. The maximum absolute atomic E-state index is 13.1. The molecule has 4 rings (SSSR count). The number of carbonyl (C=O) groups is 3. The van der Waals surface area contributed by atoms with Crippen molar-refractivity contribution in [3.63, 3.8) is 0 Å². The average molecular weight is 502 g/mol. The zero-order valence-corrected chi connectivity index (χ0v) is 19.1. The van der Waals surface area contributed by atoms with Gasteiger partial charge in [-0.2, -0.15) is 0 Å². The van der Waals surface area contributed by atoms with Crippen LogP contribution in [0, 0.1) is 5.82 Å². The van der Waals surface area contributed by atoms with Crippen LogP contribution in [-0.4, -0.2) is 22.0 Å². The lowest BCUT2D eigenvalue weighted by Crippen LogP contribution is -2.27. The van der Waals surface area contributed by atoms with E-state index in [1.807, 2.05) is 0 Å². The van der Waals surface area contributed by atoms with Gasteiger partial charge in [-0.05, 0) is 65.9 Å². The SMILES string of the molecule is O=C(Oc1ccc(Cl)cc1/C=C1\SC(=O)N(Cc2ccc(F)cc2)C1=O)c1ccccc1Cl. The van der Waals surface area contributed by atoms with Gasteiger partial charge in [0, 0.05) is 10.6 Å². The van der Waals surface area contributed by atoms with Gasteiger partial charge in [-0.15, -0.1) is 0 Å². The molecule has 0 unspecified atom stereocenters. The summed E-state index contributed by atoms with van der Waals surface area (Å²) in [5.41, 5.74) is 1.13. The average Bonchev–Trinajstić information content (AvgIpc) is 3.04. The number of hydrogen-bond donors (Lipinski definition) is 0. The maximum atomic E-state index is 13.1. The molecule has 3 aromatic rings. The van der Waals surface area contributed by atoms with E-state index in [2.05, 4.69) is 0 Å². The van der Waals surface area contributed by atoms with Crippen LogP contribution in [0.3, 0.4) is 0 Å². The summed E-state index contributed by atoms with van der Waals surface area (Å²) in [7, 11) is 0. The molecule has 0 saturated carbocycles. The quantitative estimate of drug-likeness (QED) is 0.224. The molecule has 33 heavy (non-hydrogen) atoms. The number of halogens is 3. The third kappa shape index (κ3) is 5.27. The van der Waals surface area contributed by atoms with E-state index in [0.717, 1.165) is 16.7 Å². The van der Waals surface area contributed by atoms with Gasteiger partial charge in [-0.25, -0.2) is 9.18 Å². The smallest absolute Gasteiger partial charge is 0.345 e. The molecule has 9 heteroatoms. The first-order valence-electron chi connectivity index (χ1n) is 9.58. The normalized spacial score (nSPS) is 14.8. The number of amides is 2. The number of nitrogens with zero attached hydrogens (tertiary/aromatic N) is 1. The van der Waals surface area contributed by atoms with Crippen molar-refractivity contribution in [2.45, 2.75) is 6.54 Å². The van der Waals surface area contributed by atoms with Gasteiger partial charge in [0.15, 0.2) is 0 Å². The Kier molecular flexibility index (Phi) is 6.83. The fourth-order valence-electron chi connectivity index (χ4n) is 3.06. The van der Waals surface area contributed by atoms with Crippen molar-refractivity contribution in [1.82, 2.24) is 4.90 Å². The van der Waals surface area contributed by atoms with E-state index < -0.39 is 22.9 Å². The summed E-state index contributed by atoms with van der Waals surface area (Å²) >= 11 is 12.9. The number of esters is 1. The van der Waals surface area contributed by atoms with Crippen molar-refractivity contribution in [3.05, 3.63) is 104 Å². The lowest BCUT2D eigenvalue weighted by Gasteiger charge is -2.12. The minimum absolute atomic E-state index is 0.00613. The molecular formula is C24H14Cl2FNO4S. The van der Waals surface area contributed by atoms with E-state index in [0.29, 0.717) is 16.1 Å². The number of thioether (sulfide) groups is 1. The summed E-state index contributed by atoms with van der Waals surface area (Å²) in [6.07, 6.45) is 1.44. The Balaban J connectivity index is 1.59. The predicted octanol–water partition coefficient (Wildman–Crippen LogP) is 6.59. The number of ether oxygens (including phenoxy) is 1. The number of carbonyl (C=O) groups excluding carboxylic acids is 3. The van der Waals surface area contributed by atoms with Gasteiger partial charge in [0.2, 0.25) is 0 Å². The van der Waals surface area contributed by atoms with Gasteiger partial charge in [0.25, 0.3) is 11.1 Å². The lowest BCUT2D eigenvalue weighted by molar-refractivity contribution is -0.123. The van der Waals surface area contributed by atoms with Crippen LogP contribution in [0.4, 0.5) is 9.18 Å². The number of benzene rings is 3. The van der Waals surface area contributed by atoms with Crippen LogP contribution in [0.5, 0.6) is 5.75 Å². The number of imide groups is 1. The van der Waals surface area contributed by atoms with Crippen LogP contribution >= 0.6 is 35.0 Å². The van der Waals surface area contributed by atoms with Crippen molar-refractivity contribution >= 4 is 58.2 Å². The minimum atomic E-state index is -0.679. The Morgan fingerprint density at radius 3 is 2.48 bits per heavy atom. The molecule has 2 amide bonds. The molecule has 3 aromatic carbocycles. The van der Waals surface area contributed by atoms with Crippen LogP contribution in [0.2, 0.25) is 10.0 Å². The molecule has 0 radical (unpaired) electrons. The Morgan fingerprint density at radius 1 is 1.03 bits per heavy atom. The molecular weight excluding hydrogens is 488 g/mol. The van der Waals surface area contributed by atoms with Crippen LogP contribution in [0.25, 0.3) is 6.08 Å². The van der Waals surface area contributed by atoms with Crippen LogP contribution in [-0.2, 0) is 11.3 Å². The van der Waals surface area contributed by atoms with Gasteiger partial charge in [-0.3, -0.25) is 14.5 Å². The van der Waals surface area contributed by atoms with E-state index in [-0.39, 0.29) is 27.8 Å². The summed E-state index contributed by atoms with van der Waals surface area (Å²) < 4.78 is 18.6. The Labute approximate surface area is 202 Å². The molecule has 0 aromatic heterocycles. The first-order valence-corrected chi connectivity index (χ1v) is 11.1. The van der Waals surface area contributed by atoms with Gasteiger partial charge in [0.1, 0.15) is 11.6 Å². The van der Waals surface area contributed by atoms with E-state index in [9.17, 15) is 18.8 Å². The van der Waals surface area contributed by atoms with Crippen LogP contribution in [0.15, 0.2) is 71.6 Å². The minimum Gasteiger partial charge on any atom is -0.422 e. The third-order valence-electron chi connectivity index (χ3n) is 4.68. The second kappa shape index (κ2) is 9.79. The van der Waals surface area contributed by atoms with Gasteiger partial charge < -0.3 is 4.74 Å². The molecule has 166 valence electrons. The summed E-state index contributed by atoms with van der Waals surface area (Å²) in [4.78, 5) is 39.1. The lowest BCUT2D eigenvalue weighted by atomic mass is 10.1. The second-order valence-corrected chi connectivity index (χ2v) is 8.78. The maximum Gasteiger partial charge on any atom is 0.345 e. The molecule has 1 heterocycles. The molecule has 0 N–H and O–H groups in total. The molecule has 0 bridgehead atoms. The Hall–Kier alpha value is -3.13. The Bertz CT molecular complexity index is 1290. The number of hydrogen-bond acceptors (Lipinski definition) is 5. The highest BCUT2D eigenvalue weighted by molar-refractivity contribution is 8.18. The zero-order valence-electron chi connectivity index (χ0n) is 16.8. The van der Waals surface area contributed by atoms with Crippen molar-refractivity contribution < 1.29 is 23.5 Å². The van der Waals surface area contributed by atoms with Crippen molar-refractivity contribution in [2.75, 3.05) is 0 Å². The largest absolute Gasteiger partial charge is 0.422 e. The highest BCUT2D eigenvalue weighted by Gasteiger charge is 2.35. The van der Waals surface area contributed by atoms with E-state index in [1.165, 1.54) is 54.6 Å². The standard InChI is InChI=1S/C24H14Cl2FNO4S/c25-16-7-10-20(32-23(30)18-3-1-2-4-19(18)26)15(11-16)12-21-22(29)28(24(31)33-21)13-14-5-8-17(27)9-6-14/h1-12H,13H2/b21-12-. The molecule has 1 aliphatic rings. The monoisotopic (exact) mass is 501 g/mol. The van der Waals surface area contributed by atoms with Gasteiger partial charge in [-0.1, -0.05) is 47.5 Å². The summed E-state index contributed by atoms with van der Waals surface area (Å²) in [5.74, 6) is -1.46. The van der Waals surface area contributed by atoms with Crippen molar-refractivity contribution in [2.24, 2.45) is 0 Å². The van der Waals surface area contributed by atoms with Gasteiger partial charge in [0.05, 0.1) is 22.0 Å². The Morgan fingerprint density at radius 2 is 1.76 bits per heavy atom. The molecule has 0 aliphatic carbocycles. The third-order valence-corrected chi connectivity index (χ3v) is 6.15. The van der Waals surface area contributed by atoms with Crippen LogP contribution < -0.4 is 4.74 Å². The summed E-state index contributed by atoms with van der Waals surface area (Å²) in [5, 5.41) is 0.122. The van der Waals surface area contributed by atoms with Crippen LogP contribution in [0.1, 0.15) is 21.5 Å². The highest BCUT2D eigenvalue weighted by Crippen LogP contribution is 2.36. The summed E-state index contributed by atoms with van der Waals surface area (Å²) in [6, 6.07) is 16.5. The summed E-state index contributed by atoms with van der Waals surface area (Å²) in [6.45, 7) is 0.00613. The first kappa shape index (κ1) is 23.0. The van der Waals surface area contributed by atoms with E-state index in [1.54, 1.807) is 18.2 Å². The molecule has 1 fully saturated rings. The zero-order chi connectivity index (χ0) is 23.5. The molecule has 1 aliphatic heterocycles. The van der Waals surface area contributed by atoms with E-state index in [4.69, 9.17) is 27.9 Å². The van der Waals surface area contributed by atoms with E-state index >= 15 is 0 Å². The van der Waals surface area contributed by atoms with Gasteiger partial charge >= 0.3 is 5.97 Å². The topological polar surface area (TPSA) is 63.7 Å². The molecule has 5 nitrogen and oxygen atoms in total. The van der Waals surface area contributed by atoms with Crippen molar-refractivity contribution in [1.29, 1.82) is 0 Å². The predicted molar refractivity (Wildman–Crippen MR) is 126 cm³/mol. The molecule has 0 atom stereocenters. The first-order chi connectivity index (χ1) is 15.8. The second-order valence-electron chi connectivity index (χ2n) is 6.95. The highest BCUT2D eigenvalue weighted by atomic mass is 35.5.